The van der Waals surface area contributed by atoms with Crippen molar-refractivity contribution >= 4 is 10.0 Å². The number of hydrogen-bond donors (Lipinski definition) is 0. The molecule has 9 heteroatoms. The third-order valence-electron chi connectivity index (χ3n) is 3.70. The van der Waals surface area contributed by atoms with Gasteiger partial charge in [-0.1, -0.05) is 6.07 Å². The Kier molecular flexibility index (Phi) is 5.85. The second-order valence-corrected chi connectivity index (χ2v) is 7.37. The summed E-state index contributed by atoms with van der Waals surface area (Å²) in [4.78, 5) is -0.437. The predicted octanol–water partition coefficient (Wildman–Crippen LogP) is 2.79. The van der Waals surface area contributed by atoms with Crippen LogP contribution in [0.15, 0.2) is 29.2 Å². The van der Waals surface area contributed by atoms with Crippen molar-refractivity contribution in [3.05, 3.63) is 29.8 Å². The molecule has 0 saturated carbocycles. The molecule has 1 saturated heterocycles. The Hall–Kier alpha value is -1.63. The summed E-state index contributed by atoms with van der Waals surface area (Å²) in [5.74, 6) is 0. The molecule has 1 unspecified atom stereocenters. The molecule has 1 heterocycles. The summed E-state index contributed by atoms with van der Waals surface area (Å²) < 4.78 is 70.3. The van der Waals surface area contributed by atoms with Crippen molar-refractivity contribution in [1.29, 1.82) is 5.26 Å². The van der Waals surface area contributed by atoms with E-state index in [9.17, 15) is 21.6 Å². The van der Waals surface area contributed by atoms with Gasteiger partial charge in [-0.2, -0.15) is 22.7 Å². The van der Waals surface area contributed by atoms with Gasteiger partial charge in [0.15, 0.2) is 0 Å². The second-order valence-electron chi connectivity index (χ2n) is 5.43. The molecule has 2 rings (SSSR count). The molecule has 5 nitrogen and oxygen atoms in total. The zero-order valence-corrected chi connectivity index (χ0v) is 13.6. The first-order valence-electron chi connectivity index (χ1n) is 7.41. The van der Waals surface area contributed by atoms with Crippen LogP contribution in [0.5, 0.6) is 0 Å². The fraction of sp³-hybridized carbons (Fsp3) is 0.533. The van der Waals surface area contributed by atoms with E-state index in [1.165, 1.54) is 0 Å². The molecule has 1 fully saturated rings. The lowest BCUT2D eigenvalue weighted by Crippen LogP contribution is -2.38. The van der Waals surface area contributed by atoms with Gasteiger partial charge in [-0.25, -0.2) is 8.42 Å². The Bertz CT molecular complexity index is 707. The maximum Gasteiger partial charge on any atom is 0.416 e. The lowest BCUT2D eigenvalue weighted by atomic mass is 10.2. The lowest BCUT2D eigenvalue weighted by Gasteiger charge is -2.24. The summed E-state index contributed by atoms with van der Waals surface area (Å²) in [6, 6.07) is 5.47. The average molecular weight is 362 g/mol. The molecule has 0 aliphatic carbocycles. The Morgan fingerprint density at radius 2 is 2.12 bits per heavy atom. The zero-order valence-electron chi connectivity index (χ0n) is 12.8. The molecule has 0 amide bonds. The van der Waals surface area contributed by atoms with E-state index in [1.807, 2.05) is 6.07 Å². The highest BCUT2D eigenvalue weighted by molar-refractivity contribution is 7.89. The molecule has 1 aromatic carbocycles. The monoisotopic (exact) mass is 362 g/mol. The summed E-state index contributed by atoms with van der Waals surface area (Å²) in [6.45, 7) is 0.468. The average Bonchev–Trinajstić information content (AvgIpc) is 3.03. The van der Waals surface area contributed by atoms with Gasteiger partial charge in [0, 0.05) is 26.1 Å². The van der Waals surface area contributed by atoms with Crippen molar-refractivity contribution in [2.24, 2.45) is 0 Å². The summed E-state index contributed by atoms with van der Waals surface area (Å²) in [5, 5.41) is 8.71. The third kappa shape index (κ3) is 4.47. The molecule has 1 aromatic rings. The highest BCUT2D eigenvalue weighted by Crippen LogP contribution is 2.31. The van der Waals surface area contributed by atoms with Crippen LogP contribution < -0.4 is 0 Å². The summed E-state index contributed by atoms with van der Waals surface area (Å²) >= 11 is 0. The van der Waals surface area contributed by atoms with Crippen molar-refractivity contribution in [3.8, 4) is 6.07 Å². The first-order valence-corrected chi connectivity index (χ1v) is 8.85. The van der Waals surface area contributed by atoms with Crippen molar-refractivity contribution in [1.82, 2.24) is 4.31 Å². The highest BCUT2D eigenvalue weighted by atomic mass is 32.2. The van der Waals surface area contributed by atoms with Crippen molar-refractivity contribution in [2.75, 3.05) is 19.7 Å². The maximum absolute atomic E-state index is 12.8. The minimum Gasteiger partial charge on any atom is -0.377 e. The van der Waals surface area contributed by atoms with Gasteiger partial charge in [-0.05, 0) is 31.0 Å². The number of halogens is 3. The van der Waals surface area contributed by atoms with E-state index in [0.29, 0.717) is 19.1 Å². The van der Waals surface area contributed by atoms with Crippen LogP contribution in [0.25, 0.3) is 0 Å². The quantitative estimate of drug-likeness (QED) is 0.780. The number of rotatable bonds is 6. The van der Waals surface area contributed by atoms with Crippen LogP contribution in [0.1, 0.15) is 24.8 Å². The van der Waals surface area contributed by atoms with E-state index in [2.05, 4.69) is 0 Å². The number of ether oxygens (including phenoxy) is 1. The van der Waals surface area contributed by atoms with Crippen LogP contribution in [-0.4, -0.2) is 38.5 Å². The molecule has 0 radical (unpaired) electrons. The van der Waals surface area contributed by atoms with Crippen molar-refractivity contribution < 1.29 is 26.3 Å². The largest absolute Gasteiger partial charge is 0.416 e. The van der Waals surface area contributed by atoms with E-state index in [0.717, 1.165) is 28.9 Å². The van der Waals surface area contributed by atoms with Crippen LogP contribution in [0.4, 0.5) is 13.2 Å². The van der Waals surface area contributed by atoms with Gasteiger partial charge in [0.1, 0.15) is 0 Å². The van der Waals surface area contributed by atoms with Crippen LogP contribution in [-0.2, 0) is 20.9 Å². The van der Waals surface area contributed by atoms with Crippen molar-refractivity contribution in [3.63, 3.8) is 0 Å². The minimum atomic E-state index is -4.63. The predicted molar refractivity (Wildman–Crippen MR) is 79.4 cm³/mol. The van der Waals surface area contributed by atoms with Gasteiger partial charge in [0.25, 0.3) is 0 Å². The molecular formula is C15H17F3N2O3S. The number of sulfonamides is 1. The fourth-order valence-corrected chi connectivity index (χ4v) is 4.00. The Morgan fingerprint density at radius 1 is 1.38 bits per heavy atom. The number of hydrogen-bond acceptors (Lipinski definition) is 4. The standard InChI is InChI=1S/C15H17F3N2O3S/c16-15(17,18)12-4-1-6-14(10-12)24(21,22)20(8-3-7-19)11-13-5-2-9-23-13/h1,4,6,10,13H,2-3,5,8-9,11H2. The van der Waals surface area contributed by atoms with Gasteiger partial charge >= 0.3 is 6.18 Å². The van der Waals surface area contributed by atoms with E-state index in [4.69, 9.17) is 10.00 Å². The fourth-order valence-electron chi connectivity index (χ4n) is 2.48. The number of nitrogens with zero attached hydrogens (tertiary/aromatic N) is 2. The van der Waals surface area contributed by atoms with Crippen LogP contribution >= 0.6 is 0 Å². The molecule has 0 N–H and O–H groups in total. The van der Waals surface area contributed by atoms with E-state index in [1.54, 1.807) is 0 Å². The van der Waals surface area contributed by atoms with Crippen LogP contribution in [0.2, 0.25) is 0 Å². The topological polar surface area (TPSA) is 70.4 Å². The lowest BCUT2D eigenvalue weighted by molar-refractivity contribution is -0.137. The Morgan fingerprint density at radius 3 is 2.71 bits per heavy atom. The van der Waals surface area contributed by atoms with Gasteiger partial charge in [-0.3, -0.25) is 0 Å². The van der Waals surface area contributed by atoms with Gasteiger partial charge < -0.3 is 4.74 Å². The molecule has 132 valence electrons. The molecule has 0 bridgehead atoms. The van der Waals surface area contributed by atoms with E-state index in [-0.39, 0.29) is 25.6 Å². The molecule has 1 atom stereocenters. The molecule has 0 spiro atoms. The molecule has 1 aliphatic heterocycles. The maximum atomic E-state index is 12.8. The van der Waals surface area contributed by atoms with Crippen LogP contribution in [0, 0.1) is 11.3 Å². The Balaban J connectivity index is 2.30. The number of alkyl halides is 3. The van der Waals surface area contributed by atoms with E-state index < -0.39 is 26.7 Å². The van der Waals surface area contributed by atoms with Crippen molar-refractivity contribution in [2.45, 2.75) is 36.4 Å². The normalized spacial score (nSPS) is 18.7. The van der Waals surface area contributed by atoms with Gasteiger partial charge in [0.2, 0.25) is 10.0 Å². The highest BCUT2D eigenvalue weighted by Gasteiger charge is 2.34. The third-order valence-corrected chi connectivity index (χ3v) is 5.56. The van der Waals surface area contributed by atoms with Crippen LogP contribution in [0.3, 0.4) is 0 Å². The molecule has 1 aliphatic rings. The zero-order chi connectivity index (χ0) is 17.8. The second kappa shape index (κ2) is 7.51. The minimum absolute atomic E-state index is 0.0280. The first-order chi connectivity index (χ1) is 11.2. The SMILES string of the molecule is N#CCCN(CC1CCCO1)S(=O)(=O)c1cccc(C(F)(F)F)c1. The van der Waals surface area contributed by atoms with E-state index >= 15 is 0 Å². The molecule has 0 aromatic heterocycles. The van der Waals surface area contributed by atoms with Gasteiger partial charge in [-0.15, -0.1) is 0 Å². The van der Waals surface area contributed by atoms with Gasteiger partial charge in [0.05, 0.1) is 22.6 Å². The summed E-state index contributed by atoms with van der Waals surface area (Å²) in [6.07, 6.45) is -3.49. The first kappa shape index (κ1) is 18.7. The Labute approximate surface area is 138 Å². The summed E-state index contributed by atoms with van der Waals surface area (Å²) in [7, 11) is -4.14. The number of benzene rings is 1. The molecular weight excluding hydrogens is 345 g/mol. The smallest absolute Gasteiger partial charge is 0.377 e. The molecule has 24 heavy (non-hydrogen) atoms. The summed E-state index contributed by atoms with van der Waals surface area (Å²) in [5.41, 5.74) is -1.03. The number of nitriles is 1.